The predicted molar refractivity (Wildman–Crippen MR) is 103 cm³/mol. The Kier molecular flexibility index (Phi) is 5.20. The maximum absolute atomic E-state index is 12.0. The molecule has 2 amide bonds. The van der Waals surface area contributed by atoms with Gasteiger partial charge in [-0.2, -0.15) is 0 Å². The first-order chi connectivity index (χ1) is 12.1. The molecule has 0 atom stereocenters. The van der Waals surface area contributed by atoms with Gasteiger partial charge in [0.25, 0.3) is 0 Å². The lowest BCUT2D eigenvalue weighted by atomic mass is 10.2. The van der Waals surface area contributed by atoms with Gasteiger partial charge < -0.3 is 10.6 Å². The lowest BCUT2D eigenvalue weighted by Gasteiger charge is -2.01. The Hall–Kier alpha value is -2.99. The molecule has 0 fully saturated rings. The summed E-state index contributed by atoms with van der Waals surface area (Å²) < 4.78 is 0.899. The molecular weight excluding hydrogens is 334 g/mol. The van der Waals surface area contributed by atoms with Gasteiger partial charge in [-0.15, -0.1) is 0 Å². The molecule has 3 rings (SSSR count). The third-order valence-electron chi connectivity index (χ3n) is 3.45. The highest BCUT2D eigenvalue weighted by Crippen LogP contribution is 2.28. The van der Waals surface area contributed by atoms with E-state index in [0.29, 0.717) is 17.2 Å². The van der Waals surface area contributed by atoms with Crippen molar-refractivity contribution in [1.82, 2.24) is 4.98 Å². The van der Waals surface area contributed by atoms with Gasteiger partial charge in [-0.1, -0.05) is 48.6 Å². The minimum atomic E-state index is -0.202. The zero-order valence-electron chi connectivity index (χ0n) is 13.7. The molecule has 0 saturated carbocycles. The van der Waals surface area contributed by atoms with Crippen molar-refractivity contribution in [2.75, 3.05) is 10.6 Å². The van der Waals surface area contributed by atoms with Crippen LogP contribution in [0.25, 0.3) is 16.3 Å². The highest BCUT2D eigenvalue weighted by molar-refractivity contribution is 7.22. The Labute approximate surface area is 149 Å². The summed E-state index contributed by atoms with van der Waals surface area (Å²) in [5.74, 6) is -0.272. The summed E-state index contributed by atoms with van der Waals surface area (Å²) >= 11 is 1.38. The number of fused-ring (bicyclic) bond motifs is 1. The molecule has 3 aromatic rings. The van der Waals surface area contributed by atoms with Crippen LogP contribution in [-0.4, -0.2) is 16.8 Å². The molecule has 6 heteroatoms. The van der Waals surface area contributed by atoms with Gasteiger partial charge in [-0.25, -0.2) is 4.98 Å². The van der Waals surface area contributed by atoms with Crippen molar-refractivity contribution in [1.29, 1.82) is 0 Å². The van der Waals surface area contributed by atoms with Crippen molar-refractivity contribution in [3.8, 4) is 0 Å². The van der Waals surface area contributed by atoms with E-state index in [1.165, 1.54) is 17.4 Å². The number of carbonyl (C=O) groups excluding carboxylic acids is 2. The van der Waals surface area contributed by atoms with E-state index in [1.54, 1.807) is 19.1 Å². The van der Waals surface area contributed by atoms with Crippen LogP contribution in [0.2, 0.25) is 0 Å². The molecule has 0 saturated heterocycles. The Morgan fingerprint density at radius 3 is 2.68 bits per heavy atom. The summed E-state index contributed by atoms with van der Waals surface area (Å²) in [6.45, 7) is 1.79. The number of aromatic nitrogens is 1. The monoisotopic (exact) mass is 351 g/mol. The summed E-state index contributed by atoms with van der Waals surface area (Å²) in [6.07, 6.45) is 3.67. The summed E-state index contributed by atoms with van der Waals surface area (Å²) in [4.78, 5) is 27.9. The van der Waals surface area contributed by atoms with E-state index < -0.39 is 0 Å². The molecule has 25 heavy (non-hydrogen) atoms. The summed E-state index contributed by atoms with van der Waals surface area (Å²) in [6, 6.07) is 15.1. The molecule has 5 nitrogen and oxygen atoms in total. The second kappa shape index (κ2) is 7.72. The summed E-state index contributed by atoms with van der Waals surface area (Å²) in [7, 11) is 0. The number of hydrogen-bond acceptors (Lipinski definition) is 4. The van der Waals surface area contributed by atoms with Gasteiger partial charge in [-0.05, 0) is 29.8 Å². The first-order valence-corrected chi connectivity index (χ1v) is 8.70. The highest BCUT2D eigenvalue weighted by Gasteiger charge is 2.07. The molecule has 0 aliphatic heterocycles. The average Bonchev–Trinajstić information content (AvgIpc) is 3.02. The van der Waals surface area contributed by atoms with Crippen LogP contribution >= 0.6 is 11.3 Å². The van der Waals surface area contributed by atoms with Crippen molar-refractivity contribution >= 4 is 50.3 Å². The van der Waals surface area contributed by atoms with Gasteiger partial charge in [0.1, 0.15) is 0 Å². The molecule has 2 N–H and O–H groups in total. The summed E-state index contributed by atoms with van der Waals surface area (Å²) in [5, 5.41) is 6.15. The quantitative estimate of drug-likeness (QED) is 0.673. The van der Waals surface area contributed by atoms with Crippen molar-refractivity contribution < 1.29 is 9.59 Å². The smallest absolute Gasteiger partial charge is 0.248 e. The second-order valence-corrected chi connectivity index (χ2v) is 6.37. The van der Waals surface area contributed by atoms with Crippen LogP contribution in [0.5, 0.6) is 0 Å². The van der Waals surface area contributed by atoms with Crippen LogP contribution in [-0.2, 0) is 9.59 Å². The van der Waals surface area contributed by atoms with Gasteiger partial charge in [-0.3, -0.25) is 9.59 Å². The van der Waals surface area contributed by atoms with Crippen molar-refractivity contribution in [2.24, 2.45) is 0 Å². The lowest BCUT2D eigenvalue weighted by Crippen LogP contribution is -2.08. The van der Waals surface area contributed by atoms with Crippen molar-refractivity contribution in [3.05, 3.63) is 60.2 Å². The Balaban J connectivity index is 1.70. The maximum atomic E-state index is 12.0. The number of rotatable bonds is 5. The number of nitrogens with zero attached hydrogens (tertiary/aromatic N) is 1. The van der Waals surface area contributed by atoms with E-state index in [-0.39, 0.29) is 11.8 Å². The molecule has 2 aromatic carbocycles. The normalized spacial score (nSPS) is 10.9. The number of anilines is 2. The Morgan fingerprint density at radius 1 is 1.12 bits per heavy atom. The fourth-order valence-corrected chi connectivity index (χ4v) is 3.10. The largest absolute Gasteiger partial charge is 0.322 e. The van der Waals surface area contributed by atoms with E-state index >= 15 is 0 Å². The van der Waals surface area contributed by atoms with Crippen LogP contribution in [0.15, 0.2) is 54.6 Å². The van der Waals surface area contributed by atoms with Crippen LogP contribution in [0.3, 0.4) is 0 Å². The number of thiazole rings is 1. The molecule has 0 unspecified atom stereocenters. The fraction of sp³-hybridized carbons (Fsp3) is 0.105. The third kappa shape index (κ3) is 4.51. The number of carbonyl (C=O) groups is 2. The predicted octanol–water partition coefficient (Wildman–Crippen LogP) is 4.30. The topological polar surface area (TPSA) is 71.1 Å². The highest BCUT2D eigenvalue weighted by atomic mass is 32.1. The molecule has 0 aliphatic rings. The first kappa shape index (κ1) is 16.9. The SMILES string of the molecule is CCC(=O)Nc1nc2ccc(NC(=O)/C=C/c3ccccc3)cc2s1. The van der Waals surface area contributed by atoms with E-state index in [9.17, 15) is 9.59 Å². The Morgan fingerprint density at radius 2 is 1.92 bits per heavy atom. The zero-order chi connectivity index (χ0) is 17.6. The third-order valence-corrected chi connectivity index (χ3v) is 4.38. The standard InChI is InChI=1S/C19H17N3O2S/c1-2-17(23)22-19-21-15-10-9-14(12-16(15)25-19)20-18(24)11-8-13-6-4-3-5-7-13/h3-12H,2H2,1H3,(H,20,24)(H,21,22,23)/b11-8+. The zero-order valence-corrected chi connectivity index (χ0v) is 14.5. The molecule has 126 valence electrons. The van der Waals surface area contributed by atoms with E-state index in [0.717, 1.165) is 15.8 Å². The van der Waals surface area contributed by atoms with E-state index in [4.69, 9.17) is 0 Å². The second-order valence-electron chi connectivity index (χ2n) is 5.34. The molecule has 0 bridgehead atoms. The Bertz CT molecular complexity index is 932. The molecule has 1 heterocycles. The van der Waals surface area contributed by atoms with Gasteiger partial charge in [0.05, 0.1) is 10.2 Å². The maximum Gasteiger partial charge on any atom is 0.248 e. The molecule has 0 spiro atoms. The fourth-order valence-electron chi connectivity index (χ4n) is 2.18. The number of amides is 2. The molecular formula is C19H17N3O2S. The van der Waals surface area contributed by atoms with Gasteiger partial charge >= 0.3 is 0 Å². The average molecular weight is 351 g/mol. The van der Waals surface area contributed by atoms with Gasteiger partial charge in [0.15, 0.2) is 5.13 Å². The van der Waals surface area contributed by atoms with Crippen LogP contribution in [0.4, 0.5) is 10.8 Å². The van der Waals surface area contributed by atoms with Gasteiger partial charge in [0, 0.05) is 18.2 Å². The first-order valence-electron chi connectivity index (χ1n) is 7.88. The molecule has 1 aromatic heterocycles. The van der Waals surface area contributed by atoms with E-state index in [1.807, 2.05) is 42.5 Å². The van der Waals surface area contributed by atoms with Crippen LogP contribution in [0, 0.1) is 0 Å². The number of hydrogen-bond donors (Lipinski definition) is 2. The van der Waals surface area contributed by atoms with Crippen LogP contribution < -0.4 is 10.6 Å². The minimum Gasteiger partial charge on any atom is -0.322 e. The minimum absolute atomic E-state index is 0.0707. The number of benzene rings is 2. The number of nitrogens with one attached hydrogen (secondary N) is 2. The lowest BCUT2D eigenvalue weighted by molar-refractivity contribution is -0.116. The van der Waals surface area contributed by atoms with E-state index in [2.05, 4.69) is 15.6 Å². The van der Waals surface area contributed by atoms with Gasteiger partial charge in [0.2, 0.25) is 11.8 Å². The van der Waals surface area contributed by atoms with Crippen LogP contribution in [0.1, 0.15) is 18.9 Å². The molecule has 0 radical (unpaired) electrons. The van der Waals surface area contributed by atoms with Crippen molar-refractivity contribution in [3.63, 3.8) is 0 Å². The summed E-state index contributed by atoms with van der Waals surface area (Å²) in [5.41, 5.74) is 2.44. The van der Waals surface area contributed by atoms with Crippen molar-refractivity contribution in [2.45, 2.75) is 13.3 Å². The molecule has 0 aliphatic carbocycles.